The van der Waals surface area contributed by atoms with Gasteiger partial charge in [0, 0.05) is 9.79 Å². The maximum absolute atomic E-state index is 12.7. The monoisotopic (exact) mass is 530 g/mol. The molecule has 198 valence electrons. The molecule has 4 nitrogen and oxygen atoms in total. The van der Waals surface area contributed by atoms with Crippen LogP contribution in [-0.2, 0) is 9.47 Å². The first-order chi connectivity index (χ1) is 17.4. The molecule has 0 aliphatic carbocycles. The fourth-order valence-corrected chi connectivity index (χ4v) is 5.99. The first-order valence-corrected chi connectivity index (χ1v) is 15.4. The number of hydrogen-bond acceptors (Lipinski definition) is 6. The van der Waals surface area contributed by atoms with Gasteiger partial charge < -0.3 is 9.47 Å². The highest BCUT2D eigenvalue weighted by Gasteiger charge is 2.17. The van der Waals surface area contributed by atoms with Crippen molar-refractivity contribution in [3.63, 3.8) is 0 Å². The number of carbonyl (C=O) groups excluding carboxylic acids is 2. The van der Waals surface area contributed by atoms with Crippen LogP contribution in [0.3, 0.4) is 0 Å². The lowest BCUT2D eigenvalue weighted by atomic mass is 10.1. The van der Waals surface area contributed by atoms with Crippen LogP contribution in [0.1, 0.15) is 99.8 Å². The molecule has 0 saturated carbocycles. The molecule has 0 aromatic heterocycles. The van der Waals surface area contributed by atoms with Crippen LogP contribution in [0, 0.1) is 11.8 Å². The number of ether oxygens (including phenoxy) is 2. The predicted molar refractivity (Wildman–Crippen MR) is 152 cm³/mol. The van der Waals surface area contributed by atoms with Gasteiger partial charge in [-0.05, 0) is 48.9 Å². The molecule has 0 fully saturated rings. The fourth-order valence-electron chi connectivity index (χ4n) is 3.65. The molecule has 0 radical (unpaired) electrons. The molecule has 0 bridgehead atoms. The topological polar surface area (TPSA) is 52.6 Å². The third kappa shape index (κ3) is 11.9. The molecule has 36 heavy (non-hydrogen) atoms. The molecule has 0 amide bonds. The molecule has 2 rings (SSSR count). The number of esters is 2. The van der Waals surface area contributed by atoms with E-state index in [-0.39, 0.29) is 11.9 Å². The Hall–Kier alpha value is -1.92. The van der Waals surface area contributed by atoms with Crippen LogP contribution in [0.4, 0.5) is 0 Å². The van der Waals surface area contributed by atoms with Gasteiger partial charge in [-0.2, -0.15) is 0 Å². The molecule has 0 spiro atoms. The molecule has 0 aliphatic heterocycles. The van der Waals surface area contributed by atoms with E-state index in [1.807, 2.05) is 36.4 Å². The Morgan fingerprint density at radius 2 is 1.00 bits per heavy atom. The zero-order chi connectivity index (χ0) is 26.2. The number of rotatable bonds is 17. The number of benzene rings is 2. The Kier molecular flexibility index (Phi) is 14.7. The van der Waals surface area contributed by atoms with Crippen LogP contribution in [-0.4, -0.2) is 25.2 Å². The summed E-state index contributed by atoms with van der Waals surface area (Å²) in [7, 11) is 2.91. The highest BCUT2D eigenvalue weighted by Crippen LogP contribution is 2.40. The summed E-state index contributed by atoms with van der Waals surface area (Å²) in [6.07, 6.45) is 8.66. The van der Waals surface area contributed by atoms with Gasteiger partial charge in [0.15, 0.2) is 0 Å². The molecule has 2 aromatic carbocycles. The molecule has 0 atom stereocenters. The molecule has 0 unspecified atom stereocenters. The number of unbranched alkanes of at least 4 members (excludes halogenated alkanes) is 4. The van der Waals surface area contributed by atoms with Gasteiger partial charge in [0.1, 0.15) is 0 Å². The first-order valence-electron chi connectivity index (χ1n) is 13.2. The molecular formula is C30H42O4S2. The van der Waals surface area contributed by atoms with Crippen molar-refractivity contribution < 1.29 is 19.1 Å². The number of carbonyl (C=O) groups is 2. The average Bonchev–Trinajstić information content (AvgIpc) is 2.86. The van der Waals surface area contributed by atoms with E-state index in [0.29, 0.717) is 36.2 Å². The van der Waals surface area contributed by atoms with Gasteiger partial charge in [-0.1, -0.05) is 112 Å². The minimum absolute atomic E-state index is 0.298. The second-order valence-electron chi connectivity index (χ2n) is 9.92. The van der Waals surface area contributed by atoms with Crippen molar-refractivity contribution in [1.29, 1.82) is 0 Å². The van der Waals surface area contributed by atoms with Crippen LogP contribution in [0.2, 0.25) is 0 Å². The summed E-state index contributed by atoms with van der Waals surface area (Å²) in [5.74, 6) is 0.821. The lowest BCUT2D eigenvalue weighted by molar-refractivity contribution is 0.0484. The minimum atomic E-state index is -0.298. The normalized spacial score (nSPS) is 11.2. The van der Waals surface area contributed by atoms with Crippen LogP contribution in [0.5, 0.6) is 0 Å². The Morgan fingerprint density at radius 1 is 0.611 bits per heavy atom. The summed E-state index contributed by atoms with van der Waals surface area (Å²) < 4.78 is 11.1. The largest absolute Gasteiger partial charge is 0.462 e. The van der Waals surface area contributed by atoms with Crippen molar-refractivity contribution in [1.82, 2.24) is 0 Å². The predicted octanol–water partition coefficient (Wildman–Crippen LogP) is 9.23. The minimum Gasteiger partial charge on any atom is -0.462 e. The van der Waals surface area contributed by atoms with E-state index in [9.17, 15) is 9.59 Å². The smallest absolute Gasteiger partial charge is 0.339 e. The summed E-state index contributed by atoms with van der Waals surface area (Å²) >= 11 is 0. The quantitative estimate of drug-likeness (QED) is 0.115. The van der Waals surface area contributed by atoms with Crippen molar-refractivity contribution in [2.75, 3.05) is 13.2 Å². The molecule has 2 aromatic rings. The third-order valence-electron chi connectivity index (χ3n) is 5.75. The maximum Gasteiger partial charge on any atom is 0.339 e. The second-order valence-corrected chi connectivity index (χ2v) is 12.1. The van der Waals surface area contributed by atoms with Crippen molar-refractivity contribution >= 4 is 33.5 Å². The summed E-state index contributed by atoms with van der Waals surface area (Å²) in [6.45, 7) is 9.78. The van der Waals surface area contributed by atoms with Crippen LogP contribution >= 0.6 is 21.6 Å². The first kappa shape index (κ1) is 30.3. The average molecular weight is 531 g/mol. The lowest BCUT2D eigenvalue weighted by Crippen LogP contribution is -2.08. The lowest BCUT2D eigenvalue weighted by Gasteiger charge is -2.11. The highest BCUT2D eigenvalue weighted by molar-refractivity contribution is 8.76. The zero-order valence-electron chi connectivity index (χ0n) is 22.3. The van der Waals surface area contributed by atoms with E-state index in [0.717, 1.165) is 48.3 Å². The van der Waals surface area contributed by atoms with E-state index in [4.69, 9.17) is 9.47 Å². The standard InChI is InChI=1S/C30H42O4S2/c1-23(2)15-7-5-13-21-33-29(31)25-17-9-11-19-27(25)35-36-28-20-12-10-18-26(28)30(32)34-22-14-6-8-16-24(3)4/h9-12,17-20,23-24H,5-8,13-16,21-22H2,1-4H3. The fraction of sp³-hybridized carbons (Fsp3) is 0.533. The van der Waals surface area contributed by atoms with Crippen molar-refractivity contribution in [2.45, 2.75) is 88.9 Å². The van der Waals surface area contributed by atoms with E-state index in [1.54, 1.807) is 12.1 Å². The van der Waals surface area contributed by atoms with E-state index in [1.165, 1.54) is 34.4 Å². The Bertz CT molecular complexity index is 851. The summed E-state index contributed by atoms with van der Waals surface area (Å²) in [6, 6.07) is 14.9. The Morgan fingerprint density at radius 3 is 1.39 bits per heavy atom. The van der Waals surface area contributed by atoms with E-state index < -0.39 is 0 Å². The Balaban J connectivity index is 1.87. The van der Waals surface area contributed by atoms with Gasteiger partial charge in [0.2, 0.25) is 0 Å². The molecule has 0 N–H and O–H groups in total. The summed E-state index contributed by atoms with van der Waals surface area (Å²) in [5, 5.41) is 0. The van der Waals surface area contributed by atoms with Gasteiger partial charge in [-0.15, -0.1) is 0 Å². The summed E-state index contributed by atoms with van der Waals surface area (Å²) in [5.41, 5.74) is 1.11. The molecule has 0 heterocycles. The molecule has 0 aliphatic rings. The van der Waals surface area contributed by atoms with E-state index >= 15 is 0 Å². The summed E-state index contributed by atoms with van der Waals surface area (Å²) in [4.78, 5) is 27.0. The van der Waals surface area contributed by atoms with Gasteiger partial charge in [-0.3, -0.25) is 0 Å². The van der Waals surface area contributed by atoms with Gasteiger partial charge in [-0.25, -0.2) is 9.59 Å². The van der Waals surface area contributed by atoms with E-state index in [2.05, 4.69) is 27.7 Å². The highest BCUT2D eigenvalue weighted by atomic mass is 33.1. The van der Waals surface area contributed by atoms with Crippen LogP contribution in [0.15, 0.2) is 58.3 Å². The van der Waals surface area contributed by atoms with Crippen molar-refractivity contribution in [2.24, 2.45) is 11.8 Å². The van der Waals surface area contributed by atoms with Gasteiger partial charge in [0.05, 0.1) is 24.3 Å². The molecule has 6 heteroatoms. The molecule has 0 saturated heterocycles. The third-order valence-corrected chi connectivity index (χ3v) is 8.23. The van der Waals surface area contributed by atoms with Crippen LogP contribution in [0.25, 0.3) is 0 Å². The van der Waals surface area contributed by atoms with Crippen molar-refractivity contribution in [3.05, 3.63) is 59.7 Å². The molecular weight excluding hydrogens is 488 g/mol. The zero-order valence-corrected chi connectivity index (χ0v) is 23.9. The van der Waals surface area contributed by atoms with Gasteiger partial charge >= 0.3 is 11.9 Å². The SMILES string of the molecule is CC(C)CCCCCOC(=O)c1ccccc1SSc1ccccc1C(=O)OCCCCCC(C)C. The van der Waals surface area contributed by atoms with Crippen LogP contribution < -0.4 is 0 Å². The maximum atomic E-state index is 12.7. The second kappa shape index (κ2) is 17.5. The Labute approximate surface area is 225 Å². The number of hydrogen-bond donors (Lipinski definition) is 0. The van der Waals surface area contributed by atoms with Gasteiger partial charge in [0.25, 0.3) is 0 Å². The van der Waals surface area contributed by atoms with Crippen molar-refractivity contribution in [3.8, 4) is 0 Å².